The molecule has 2 aromatic rings. The van der Waals surface area contributed by atoms with Crippen molar-refractivity contribution >= 4 is 29.1 Å². The lowest BCUT2D eigenvalue weighted by Gasteiger charge is -2.24. The zero-order chi connectivity index (χ0) is 24.0. The topological polar surface area (TPSA) is 90.5 Å². The quantitative estimate of drug-likeness (QED) is 0.590. The summed E-state index contributed by atoms with van der Waals surface area (Å²) in [6.07, 6.45) is 0. The van der Waals surface area contributed by atoms with Crippen LogP contribution >= 0.6 is 0 Å². The van der Waals surface area contributed by atoms with Crippen LogP contribution in [0.1, 0.15) is 34.7 Å². The molecule has 0 fully saturated rings. The smallest absolute Gasteiger partial charge is 0.243 e. The highest BCUT2D eigenvalue weighted by molar-refractivity contribution is 5.97. The third-order valence-corrected chi connectivity index (χ3v) is 5.54. The van der Waals surface area contributed by atoms with Crippen molar-refractivity contribution in [2.24, 2.45) is 0 Å². The van der Waals surface area contributed by atoms with Crippen LogP contribution < -0.4 is 16.0 Å². The number of rotatable bonds is 8. The Morgan fingerprint density at radius 2 is 1.34 bits per heavy atom. The SMILES string of the molecule is Cc1cc(C)c(NC(=O)CN(C)C(C)C(=O)NCC(=O)Nc2c(C)cccc2C)c(C)c1. The van der Waals surface area contributed by atoms with Gasteiger partial charge in [-0.2, -0.15) is 0 Å². The number of amides is 3. The Balaban J connectivity index is 1.86. The summed E-state index contributed by atoms with van der Waals surface area (Å²) >= 11 is 0. The molecule has 0 aliphatic rings. The van der Waals surface area contributed by atoms with Crippen LogP contribution in [0.3, 0.4) is 0 Å². The first-order valence-corrected chi connectivity index (χ1v) is 10.7. The Kier molecular flexibility index (Phi) is 8.55. The van der Waals surface area contributed by atoms with E-state index in [0.29, 0.717) is 0 Å². The number of hydrogen-bond acceptors (Lipinski definition) is 4. The van der Waals surface area contributed by atoms with E-state index < -0.39 is 6.04 Å². The molecule has 0 bridgehead atoms. The first-order chi connectivity index (χ1) is 15.0. The van der Waals surface area contributed by atoms with Gasteiger partial charge in [0.1, 0.15) is 0 Å². The molecule has 3 amide bonds. The average Bonchev–Trinajstić information content (AvgIpc) is 2.71. The van der Waals surface area contributed by atoms with Crippen LogP contribution in [0.15, 0.2) is 30.3 Å². The van der Waals surface area contributed by atoms with Crippen molar-refractivity contribution in [3.05, 3.63) is 58.1 Å². The highest BCUT2D eigenvalue weighted by Gasteiger charge is 2.21. The summed E-state index contributed by atoms with van der Waals surface area (Å²) in [5, 5.41) is 8.43. The first kappa shape index (κ1) is 25.1. The summed E-state index contributed by atoms with van der Waals surface area (Å²) in [5.41, 5.74) is 6.62. The molecular formula is C25H34N4O3. The summed E-state index contributed by atoms with van der Waals surface area (Å²) in [5.74, 6) is -0.816. The summed E-state index contributed by atoms with van der Waals surface area (Å²) < 4.78 is 0. The van der Waals surface area contributed by atoms with Gasteiger partial charge in [-0.1, -0.05) is 35.9 Å². The fraction of sp³-hybridized carbons (Fsp3) is 0.400. The normalized spacial score (nSPS) is 11.8. The number of likely N-dealkylation sites (N-methyl/N-ethyl adjacent to an activating group) is 1. The minimum atomic E-state index is -0.575. The van der Waals surface area contributed by atoms with E-state index in [0.717, 1.165) is 39.2 Å². The Labute approximate surface area is 190 Å². The van der Waals surface area contributed by atoms with Gasteiger partial charge in [0.05, 0.1) is 19.1 Å². The number of nitrogens with one attached hydrogen (secondary N) is 3. The van der Waals surface area contributed by atoms with Crippen molar-refractivity contribution < 1.29 is 14.4 Å². The molecule has 1 atom stereocenters. The predicted octanol–water partition coefficient (Wildman–Crippen LogP) is 3.24. The third-order valence-electron chi connectivity index (χ3n) is 5.54. The van der Waals surface area contributed by atoms with Gasteiger partial charge in [-0.05, 0) is 70.8 Å². The molecule has 1 unspecified atom stereocenters. The Bertz CT molecular complexity index is 973. The first-order valence-electron chi connectivity index (χ1n) is 10.7. The van der Waals surface area contributed by atoms with E-state index in [1.54, 1.807) is 18.9 Å². The predicted molar refractivity (Wildman–Crippen MR) is 129 cm³/mol. The maximum atomic E-state index is 12.5. The largest absolute Gasteiger partial charge is 0.346 e. The summed E-state index contributed by atoms with van der Waals surface area (Å²) in [7, 11) is 1.70. The molecule has 0 saturated carbocycles. The molecule has 0 radical (unpaired) electrons. The van der Waals surface area contributed by atoms with E-state index in [1.807, 2.05) is 65.0 Å². The number of carbonyl (C=O) groups excluding carboxylic acids is 3. The molecule has 0 aliphatic carbocycles. The van der Waals surface area contributed by atoms with Crippen LogP contribution in [-0.4, -0.2) is 48.8 Å². The number of aryl methyl sites for hydroxylation is 5. The molecule has 32 heavy (non-hydrogen) atoms. The second-order valence-corrected chi connectivity index (χ2v) is 8.45. The van der Waals surface area contributed by atoms with Crippen molar-refractivity contribution in [2.45, 2.75) is 47.6 Å². The van der Waals surface area contributed by atoms with Crippen molar-refractivity contribution in [1.29, 1.82) is 0 Å². The van der Waals surface area contributed by atoms with E-state index in [9.17, 15) is 14.4 Å². The molecule has 0 aromatic heterocycles. The zero-order valence-electron chi connectivity index (χ0n) is 20.1. The molecule has 172 valence electrons. The second-order valence-electron chi connectivity index (χ2n) is 8.45. The lowest BCUT2D eigenvalue weighted by molar-refractivity contribution is -0.128. The maximum Gasteiger partial charge on any atom is 0.243 e. The second kappa shape index (κ2) is 10.9. The molecule has 3 N–H and O–H groups in total. The number of anilines is 2. The fourth-order valence-corrected chi connectivity index (χ4v) is 3.63. The Hall–Kier alpha value is -3.19. The van der Waals surface area contributed by atoms with Gasteiger partial charge < -0.3 is 16.0 Å². The molecule has 0 heterocycles. The number of para-hydroxylation sites is 1. The van der Waals surface area contributed by atoms with Crippen LogP contribution in [0.4, 0.5) is 11.4 Å². The van der Waals surface area contributed by atoms with Crippen molar-refractivity contribution in [1.82, 2.24) is 10.2 Å². The van der Waals surface area contributed by atoms with Crippen molar-refractivity contribution in [3.63, 3.8) is 0 Å². The van der Waals surface area contributed by atoms with E-state index in [-0.39, 0.29) is 30.8 Å². The molecule has 0 aliphatic heterocycles. The third kappa shape index (κ3) is 6.65. The highest BCUT2D eigenvalue weighted by Crippen LogP contribution is 2.22. The number of nitrogens with zero attached hydrogens (tertiary/aromatic N) is 1. The van der Waals surface area contributed by atoms with Gasteiger partial charge in [-0.3, -0.25) is 19.3 Å². The van der Waals surface area contributed by atoms with Gasteiger partial charge in [0, 0.05) is 11.4 Å². The summed E-state index contributed by atoms with van der Waals surface area (Å²) in [6, 6.07) is 9.23. The van der Waals surface area contributed by atoms with Gasteiger partial charge >= 0.3 is 0 Å². The van der Waals surface area contributed by atoms with E-state index in [4.69, 9.17) is 0 Å². The van der Waals surface area contributed by atoms with Crippen LogP contribution in [0.25, 0.3) is 0 Å². The Morgan fingerprint density at radius 1 is 0.844 bits per heavy atom. The van der Waals surface area contributed by atoms with Gasteiger partial charge in [0.15, 0.2) is 0 Å². The fourth-order valence-electron chi connectivity index (χ4n) is 3.63. The maximum absolute atomic E-state index is 12.5. The molecule has 0 spiro atoms. The summed E-state index contributed by atoms with van der Waals surface area (Å²) in [4.78, 5) is 38.9. The van der Waals surface area contributed by atoms with Crippen molar-refractivity contribution in [3.8, 4) is 0 Å². The van der Waals surface area contributed by atoms with Crippen molar-refractivity contribution in [2.75, 3.05) is 30.8 Å². The lowest BCUT2D eigenvalue weighted by atomic mass is 10.1. The zero-order valence-corrected chi connectivity index (χ0v) is 20.1. The summed E-state index contributed by atoms with van der Waals surface area (Å²) in [6.45, 7) is 11.4. The van der Waals surface area contributed by atoms with Crippen LogP contribution in [0.2, 0.25) is 0 Å². The van der Waals surface area contributed by atoms with Gasteiger partial charge in [0.25, 0.3) is 0 Å². The minimum absolute atomic E-state index is 0.0515. The highest BCUT2D eigenvalue weighted by atomic mass is 16.2. The molecule has 2 aromatic carbocycles. The molecule has 7 heteroatoms. The van der Waals surface area contributed by atoms with E-state index in [2.05, 4.69) is 16.0 Å². The van der Waals surface area contributed by atoms with E-state index in [1.165, 1.54) is 0 Å². The molecule has 2 rings (SSSR count). The standard InChI is InChI=1S/C25H34N4O3/c1-15-11-18(4)24(19(5)12-15)28-22(31)14-29(7)20(6)25(32)26-13-21(30)27-23-16(2)9-8-10-17(23)3/h8-12,20H,13-14H2,1-7H3,(H,26,32)(H,27,30)(H,28,31). The van der Waals surface area contributed by atoms with Gasteiger partial charge in [-0.15, -0.1) is 0 Å². The van der Waals surface area contributed by atoms with Crippen LogP contribution in [0, 0.1) is 34.6 Å². The number of hydrogen-bond donors (Lipinski definition) is 3. The Morgan fingerprint density at radius 3 is 1.91 bits per heavy atom. The molecule has 0 saturated heterocycles. The average molecular weight is 439 g/mol. The van der Waals surface area contributed by atoms with E-state index >= 15 is 0 Å². The van der Waals surface area contributed by atoms with Gasteiger partial charge in [-0.25, -0.2) is 0 Å². The lowest BCUT2D eigenvalue weighted by Crippen LogP contribution is -2.47. The van der Waals surface area contributed by atoms with Gasteiger partial charge in [0.2, 0.25) is 17.7 Å². The number of carbonyl (C=O) groups is 3. The monoisotopic (exact) mass is 438 g/mol. The number of benzene rings is 2. The molecular weight excluding hydrogens is 404 g/mol. The van der Waals surface area contributed by atoms with Crippen LogP contribution in [-0.2, 0) is 14.4 Å². The minimum Gasteiger partial charge on any atom is -0.346 e. The molecule has 7 nitrogen and oxygen atoms in total. The van der Waals surface area contributed by atoms with Crippen LogP contribution in [0.5, 0.6) is 0 Å².